The zero-order chi connectivity index (χ0) is 25.4. The predicted octanol–water partition coefficient (Wildman–Crippen LogP) is 3.95. The Morgan fingerprint density at radius 1 is 0.944 bits per heavy atom. The van der Waals surface area contributed by atoms with Crippen LogP contribution in [-0.2, 0) is 4.79 Å². The molecule has 180 valence electrons. The summed E-state index contributed by atoms with van der Waals surface area (Å²) in [7, 11) is 0. The van der Waals surface area contributed by atoms with Crippen LogP contribution in [-0.4, -0.2) is 53.7 Å². The van der Waals surface area contributed by atoms with Crippen molar-refractivity contribution in [2.45, 2.75) is 0 Å². The average molecular weight is 507 g/mol. The van der Waals surface area contributed by atoms with Gasteiger partial charge in [-0.15, -0.1) is 0 Å². The Balaban J connectivity index is 1.35. The highest BCUT2D eigenvalue weighted by Gasteiger charge is 2.36. The second-order valence-corrected chi connectivity index (χ2v) is 8.55. The third-order valence-electron chi connectivity index (χ3n) is 5.76. The Hall–Kier alpha value is -4.24. The number of hydrogen-bond acceptors (Lipinski definition) is 6. The van der Waals surface area contributed by atoms with E-state index in [0.29, 0.717) is 16.3 Å². The summed E-state index contributed by atoms with van der Waals surface area (Å²) in [5.41, 5.74) is 0.942. The molecule has 0 radical (unpaired) electrons. The average Bonchev–Trinajstić information content (AvgIpc) is 2.99. The monoisotopic (exact) mass is 506 g/mol. The summed E-state index contributed by atoms with van der Waals surface area (Å²) < 4.78 is 29.1. The molecule has 1 N–H and O–H groups in total. The summed E-state index contributed by atoms with van der Waals surface area (Å²) >= 11 is 6.13. The second kappa shape index (κ2) is 9.43. The van der Waals surface area contributed by atoms with E-state index in [1.165, 1.54) is 24.3 Å². The summed E-state index contributed by atoms with van der Waals surface area (Å²) in [5.74, 6) is -2.79. The lowest BCUT2D eigenvalue weighted by Gasteiger charge is -2.13. The van der Waals surface area contributed by atoms with Gasteiger partial charge in [-0.25, -0.2) is 13.8 Å². The molecule has 0 aliphatic carbocycles. The number of amidine groups is 1. The second-order valence-electron chi connectivity index (χ2n) is 8.12. The number of aliphatic imine (C=N–C) groups is 2. The Morgan fingerprint density at radius 2 is 1.61 bits per heavy atom. The summed E-state index contributed by atoms with van der Waals surface area (Å²) in [5, 5.41) is 3.20. The van der Waals surface area contributed by atoms with Gasteiger partial charge in [0.05, 0.1) is 47.7 Å². The predicted molar refractivity (Wildman–Crippen MR) is 130 cm³/mol. The summed E-state index contributed by atoms with van der Waals surface area (Å²) in [6, 6.07) is 14.6. The van der Waals surface area contributed by atoms with E-state index in [4.69, 9.17) is 11.6 Å². The summed E-state index contributed by atoms with van der Waals surface area (Å²) in [6.07, 6.45) is 0. The number of fused-ring (bicyclic) bond motifs is 2. The number of imide groups is 1. The number of Topliss-reactive ketones (excluding diaryl/α,β-unsaturated/α-hetero) is 1. The lowest BCUT2D eigenvalue weighted by atomic mass is 9.99. The minimum absolute atomic E-state index is 0.0426. The fraction of sp³-hybridized carbons (Fsp3) is 0.115. The minimum atomic E-state index is -0.785. The summed E-state index contributed by atoms with van der Waals surface area (Å²) in [4.78, 5) is 47.4. The highest BCUT2D eigenvalue weighted by molar-refractivity contribution is 6.31. The standard InChI is InChI=1S/C26H17ClF2N4O3/c27-14-8-9-21-18(10-14)24(23-19(28)6-3-7-20(23)29)31-12-22(32-21)30-11-15(34)13-33-25(35)16-4-1-2-5-17(16)26(33)36/h1-10H,11-13H2,(H,30,32). The van der Waals surface area contributed by atoms with Gasteiger partial charge < -0.3 is 5.32 Å². The minimum Gasteiger partial charge on any atom is -0.365 e. The number of amides is 2. The van der Waals surface area contributed by atoms with Gasteiger partial charge in [0.1, 0.15) is 17.5 Å². The normalized spacial score (nSPS) is 14.6. The molecule has 5 rings (SSSR count). The van der Waals surface area contributed by atoms with Crippen molar-refractivity contribution in [2.75, 3.05) is 19.6 Å². The first-order valence-corrected chi connectivity index (χ1v) is 11.3. The topological polar surface area (TPSA) is 91.2 Å². The first-order chi connectivity index (χ1) is 17.3. The highest BCUT2D eigenvalue weighted by atomic mass is 35.5. The molecule has 0 spiro atoms. The molecule has 0 bridgehead atoms. The van der Waals surface area contributed by atoms with Crippen LogP contribution in [0.25, 0.3) is 0 Å². The molecule has 2 amide bonds. The van der Waals surface area contributed by atoms with E-state index in [0.717, 1.165) is 17.0 Å². The lowest BCUT2D eigenvalue weighted by molar-refractivity contribution is -0.118. The number of nitrogens with zero attached hydrogens (tertiary/aromatic N) is 3. The molecule has 0 aromatic heterocycles. The number of rotatable bonds is 5. The van der Waals surface area contributed by atoms with Crippen LogP contribution in [0.5, 0.6) is 0 Å². The highest BCUT2D eigenvalue weighted by Crippen LogP contribution is 2.30. The van der Waals surface area contributed by atoms with Crippen molar-refractivity contribution >= 4 is 46.4 Å². The molecule has 36 heavy (non-hydrogen) atoms. The van der Waals surface area contributed by atoms with Crippen LogP contribution >= 0.6 is 11.6 Å². The van der Waals surface area contributed by atoms with Gasteiger partial charge in [0.2, 0.25) is 0 Å². The van der Waals surface area contributed by atoms with Gasteiger partial charge in [0.25, 0.3) is 11.8 Å². The molecule has 3 aromatic rings. The van der Waals surface area contributed by atoms with E-state index in [9.17, 15) is 23.2 Å². The van der Waals surface area contributed by atoms with Gasteiger partial charge in [0.15, 0.2) is 5.78 Å². The van der Waals surface area contributed by atoms with Crippen molar-refractivity contribution in [2.24, 2.45) is 9.98 Å². The van der Waals surface area contributed by atoms with Crippen LogP contribution in [0, 0.1) is 11.6 Å². The largest absolute Gasteiger partial charge is 0.365 e. The third kappa shape index (κ3) is 4.29. The van der Waals surface area contributed by atoms with Gasteiger partial charge in [-0.1, -0.05) is 29.8 Å². The maximum Gasteiger partial charge on any atom is 0.261 e. The number of ketones is 1. The number of carbonyl (C=O) groups excluding carboxylic acids is 3. The van der Waals surface area contributed by atoms with Crippen LogP contribution in [0.2, 0.25) is 5.02 Å². The van der Waals surface area contributed by atoms with Gasteiger partial charge >= 0.3 is 0 Å². The van der Waals surface area contributed by atoms with Crippen molar-refractivity contribution in [3.05, 3.63) is 99.6 Å². The van der Waals surface area contributed by atoms with E-state index < -0.39 is 35.8 Å². The van der Waals surface area contributed by atoms with E-state index >= 15 is 0 Å². The number of nitrogens with one attached hydrogen (secondary N) is 1. The van der Waals surface area contributed by atoms with Crippen molar-refractivity contribution in [3.63, 3.8) is 0 Å². The molecule has 3 aromatic carbocycles. The Labute approximate surface area is 209 Å². The van der Waals surface area contributed by atoms with Crippen LogP contribution < -0.4 is 5.32 Å². The molecule has 2 aliphatic rings. The molecular formula is C26H17ClF2N4O3. The Kier molecular flexibility index (Phi) is 6.15. The fourth-order valence-electron chi connectivity index (χ4n) is 4.06. The zero-order valence-electron chi connectivity index (χ0n) is 18.6. The molecule has 0 unspecified atom stereocenters. The first kappa shape index (κ1) is 23.5. The van der Waals surface area contributed by atoms with E-state index in [-0.39, 0.29) is 41.3 Å². The Morgan fingerprint density at radius 3 is 2.28 bits per heavy atom. The van der Waals surface area contributed by atoms with Crippen molar-refractivity contribution in [1.82, 2.24) is 10.2 Å². The first-order valence-electron chi connectivity index (χ1n) is 10.9. The number of hydrogen-bond donors (Lipinski definition) is 1. The van der Waals surface area contributed by atoms with Crippen LogP contribution in [0.15, 0.2) is 70.6 Å². The van der Waals surface area contributed by atoms with Crippen LogP contribution in [0.3, 0.4) is 0 Å². The maximum absolute atomic E-state index is 14.6. The quantitative estimate of drug-likeness (QED) is 0.530. The van der Waals surface area contributed by atoms with Crippen molar-refractivity contribution in [1.29, 1.82) is 0 Å². The van der Waals surface area contributed by atoms with Crippen molar-refractivity contribution < 1.29 is 23.2 Å². The third-order valence-corrected chi connectivity index (χ3v) is 5.99. The molecule has 2 heterocycles. The van der Waals surface area contributed by atoms with E-state index in [1.807, 2.05) is 0 Å². The smallest absolute Gasteiger partial charge is 0.261 e. The number of halogens is 3. The van der Waals surface area contributed by atoms with Gasteiger partial charge in [-0.2, -0.15) is 0 Å². The van der Waals surface area contributed by atoms with Gasteiger partial charge in [-0.05, 0) is 42.5 Å². The molecular weight excluding hydrogens is 490 g/mol. The number of benzene rings is 3. The van der Waals surface area contributed by atoms with Crippen LogP contribution in [0.1, 0.15) is 31.8 Å². The van der Waals surface area contributed by atoms with Gasteiger partial charge in [-0.3, -0.25) is 24.3 Å². The molecule has 0 saturated carbocycles. The lowest BCUT2D eigenvalue weighted by Crippen LogP contribution is -2.40. The van der Waals surface area contributed by atoms with Gasteiger partial charge in [0, 0.05) is 10.6 Å². The van der Waals surface area contributed by atoms with E-state index in [2.05, 4.69) is 15.3 Å². The number of carbonyl (C=O) groups is 3. The molecule has 10 heteroatoms. The van der Waals surface area contributed by atoms with Crippen molar-refractivity contribution in [3.8, 4) is 0 Å². The molecule has 2 aliphatic heterocycles. The SMILES string of the molecule is O=C(CNC1=Nc2ccc(Cl)cc2C(c2c(F)cccc2F)=NC1)CN1C(=O)c2ccccc2C1=O. The molecule has 0 saturated heterocycles. The van der Waals surface area contributed by atoms with E-state index in [1.54, 1.807) is 24.3 Å². The fourth-order valence-corrected chi connectivity index (χ4v) is 4.24. The molecule has 0 fully saturated rings. The van der Waals surface area contributed by atoms with Crippen LogP contribution in [0.4, 0.5) is 14.5 Å². The summed E-state index contributed by atoms with van der Waals surface area (Å²) in [6.45, 7) is -0.752. The molecule has 7 nitrogen and oxygen atoms in total. The maximum atomic E-state index is 14.6. The Bertz CT molecular complexity index is 1450. The zero-order valence-corrected chi connectivity index (χ0v) is 19.4. The molecule has 0 atom stereocenters.